The van der Waals surface area contributed by atoms with Crippen LogP contribution in [0, 0.1) is 0 Å². The van der Waals surface area contributed by atoms with Crippen LogP contribution in [0.15, 0.2) is 18.2 Å². The first-order valence-corrected chi connectivity index (χ1v) is 6.18. The molecule has 0 radical (unpaired) electrons. The molecule has 104 valence electrons. The van der Waals surface area contributed by atoms with E-state index in [-0.39, 0.29) is 23.9 Å². The molecule has 0 aliphatic heterocycles. The van der Waals surface area contributed by atoms with E-state index in [1.807, 2.05) is 0 Å². The number of aliphatic hydroxyl groups excluding tert-OH is 2. The molecule has 1 aromatic carbocycles. The second-order valence-electron chi connectivity index (χ2n) is 4.18. The molecule has 1 rings (SSSR count). The molecule has 0 saturated carbocycles. The molecule has 0 bridgehead atoms. The Kier molecular flexibility index (Phi) is 5.95. The van der Waals surface area contributed by atoms with E-state index in [1.54, 1.807) is 0 Å². The number of hydrogen-bond acceptors (Lipinski definition) is 4. The number of benzene rings is 1. The normalized spacial score (nSPS) is 13.7. The third-order valence-electron chi connectivity index (χ3n) is 2.67. The van der Waals surface area contributed by atoms with Gasteiger partial charge in [0.2, 0.25) is 5.91 Å². The topological polar surface area (TPSA) is 86.6 Å². The number of carbonyl (C=O) groups is 2. The van der Waals surface area contributed by atoms with Crippen molar-refractivity contribution in [2.75, 3.05) is 6.54 Å². The van der Waals surface area contributed by atoms with Crippen molar-refractivity contribution in [3.8, 4) is 0 Å². The van der Waals surface area contributed by atoms with Crippen LogP contribution in [0.2, 0.25) is 5.02 Å². The SMILES string of the molecule is CC(=O)NCCC(O)C(O)c1ccc(C=O)c(Cl)c1. The average molecular weight is 286 g/mol. The minimum absolute atomic E-state index is 0.194. The lowest BCUT2D eigenvalue weighted by Crippen LogP contribution is -2.27. The lowest BCUT2D eigenvalue weighted by molar-refractivity contribution is -0.119. The molecule has 3 N–H and O–H groups in total. The number of carbonyl (C=O) groups excluding carboxylic acids is 2. The molecule has 19 heavy (non-hydrogen) atoms. The Morgan fingerprint density at radius 1 is 1.47 bits per heavy atom. The largest absolute Gasteiger partial charge is 0.390 e. The van der Waals surface area contributed by atoms with E-state index in [4.69, 9.17) is 11.6 Å². The zero-order valence-electron chi connectivity index (χ0n) is 10.5. The summed E-state index contributed by atoms with van der Waals surface area (Å²) in [5.41, 5.74) is 0.747. The number of amides is 1. The Bertz CT molecular complexity index is 464. The van der Waals surface area contributed by atoms with Crippen LogP contribution in [-0.2, 0) is 4.79 Å². The van der Waals surface area contributed by atoms with E-state index >= 15 is 0 Å². The van der Waals surface area contributed by atoms with Crippen molar-refractivity contribution in [1.29, 1.82) is 0 Å². The Hall–Kier alpha value is -1.43. The van der Waals surface area contributed by atoms with Gasteiger partial charge in [-0.2, -0.15) is 0 Å². The molecule has 1 amide bonds. The first-order chi connectivity index (χ1) is 8.95. The van der Waals surface area contributed by atoms with Gasteiger partial charge in [0.1, 0.15) is 6.10 Å². The number of aldehydes is 1. The molecular weight excluding hydrogens is 270 g/mol. The van der Waals surface area contributed by atoms with Crippen LogP contribution in [0.25, 0.3) is 0 Å². The minimum atomic E-state index is -1.12. The zero-order chi connectivity index (χ0) is 14.4. The van der Waals surface area contributed by atoms with E-state index in [1.165, 1.54) is 25.1 Å². The quantitative estimate of drug-likeness (QED) is 0.683. The van der Waals surface area contributed by atoms with Crippen molar-refractivity contribution in [1.82, 2.24) is 5.32 Å². The van der Waals surface area contributed by atoms with Crippen molar-refractivity contribution in [2.45, 2.75) is 25.6 Å². The van der Waals surface area contributed by atoms with Crippen LogP contribution >= 0.6 is 11.6 Å². The van der Waals surface area contributed by atoms with Crippen LogP contribution in [-0.4, -0.2) is 35.1 Å². The molecule has 0 fully saturated rings. The van der Waals surface area contributed by atoms with Crippen molar-refractivity contribution in [3.05, 3.63) is 34.3 Å². The lowest BCUT2D eigenvalue weighted by Gasteiger charge is -2.18. The third kappa shape index (κ3) is 4.63. The second-order valence-corrected chi connectivity index (χ2v) is 4.59. The molecule has 0 spiro atoms. The van der Waals surface area contributed by atoms with Crippen molar-refractivity contribution in [3.63, 3.8) is 0 Å². The Morgan fingerprint density at radius 3 is 2.68 bits per heavy atom. The van der Waals surface area contributed by atoms with Crippen molar-refractivity contribution < 1.29 is 19.8 Å². The molecule has 0 aromatic heterocycles. The fourth-order valence-corrected chi connectivity index (χ4v) is 1.83. The molecular formula is C13H16ClNO4. The average Bonchev–Trinajstić information content (AvgIpc) is 2.37. The van der Waals surface area contributed by atoms with Gasteiger partial charge in [-0.1, -0.05) is 17.7 Å². The molecule has 2 unspecified atom stereocenters. The van der Waals surface area contributed by atoms with E-state index in [0.717, 1.165) is 0 Å². The molecule has 0 heterocycles. The molecule has 6 heteroatoms. The van der Waals surface area contributed by atoms with Crippen molar-refractivity contribution >= 4 is 23.8 Å². The summed E-state index contributed by atoms with van der Waals surface area (Å²) >= 11 is 5.84. The van der Waals surface area contributed by atoms with Gasteiger partial charge in [0.05, 0.1) is 11.1 Å². The van der Waals surface area contributed by atoms with E-state index in [9.17, 15) is 19.8 Å². The number of hydrogen-bond donors (Lipinski definition) is 3. The minimum Gasteiger partial charge on any atom is -0.390 e. The van der Waals surface area contributed by atoms with Gasteiger partial charge in [-0.25, -0.2) is 0 Å². The molecule has 5 nitrogen and oxygen atoms in total. The van der Waals surface area contributed by atoms with E-state index in [2.05, 4.69) is 5.32 Å². The van der Waals surface area contributed by atoms with Crippen LogP contribution < -0.4 is 5.32 Å². The summed E-state index contributed by atoms with van der Waals surface area (Å²) in [6.45, 7) is 1.65. The Labute approximate surface area is 116 Å². The Balaban J connectivity index is 2.65. The molecule has 1 aromatic rings. The molecule has 0 aliphatic rings. The second kappa shape index (κ2) is 7.23. The summed E-state index contributed by atoms with van der Waals surface area (Å²) in [5.74, 6) is -0.194. The monoisotopic (exact) mass is 285 g/mol. The molecule has 0 saturated heterocycles. The third-order valence-corrected chi connectivity index (χ3v) is 3.00. The highest BCUT2D eigenvalue weighted by Crippen LogP contribution is 2.24. The predicted molar refractivity (Wildman–Crippen MR) is 71.1 cm³/mol. The zero-order valence-corrected chi connectivity index (χ0v) is 11.2. The van der Waals surface area contributed by atoms with Crippen LogP contribution in [0.4, 0.5) is 0 Å². The fraction of sp³-hybridized carbons (Fsp3) is 0.385. The smallest absolute Gasteiger partial charge is 0.216 e. The number of rotatable bonds is 6. The summed E-state index contributed by atoms with van der Waals surface area (Å²) < 4.78 is 0. The highest BCUT2D eigenvalue weighted by atomic mass is 35.5. The summed E-state index contributed by atoms with van der Waals surface area (Å²) in [5, 5.41) is 22.5. The van der Waals surface area contributed by atoms with Gasteiger partial charge < -0.3 is 15.5 Å². The van der Waals surface area contributed by atoms with Crippen molar-refractivity contribution in [2.24, 2.45) is 0 Å². The summed E-state index contributed by atoms with van der Waals surface area (Å²) in [7, 11) is 0. The first-order valence-electron chi connectivity index (χ1n) is 5.81. The van der Waals surface area contributed by atoms with Crippen LogP contribution in [0.5, 0.6) is 0 Å². The van der Waals surface area contributed by atoms with E-state index < -0.39 is 12.2 Å². The maximum Gasteiger partial charge on any atom is 0.216 e. The van der Waals surface area contributed by atoms with Crippen LogP contribution in [0.3, 0.4) is 0 Å². The number of halogens is 1. The highest BCUT2D eigenvalue weighted by Gasteiger charge is 2.19. The number of aliphatic hydroxyl groups is 2. The highest BCUT2D eigenvalue weighted by molar-refractivity contribution is 6.33. The lowest BCUT2D eigenvalue weighted by atomic mass is 10.0. The predicted octanol–water partition coefficient (Wildman–Crippen LogP) is 1.07. The van der Waals surface area contributed by atoms with Gasteiger partial charge in [-0.3, -0.25) is 9.59 Å². The summed E-state index contributed by atoms with van der Waals surface area (Å²) in [6.07, 6.45) is -1.31. The summed E-state index contributed by atoms with van der Waals surface area (Å²) in [4.78, 5) is 21.3. The van der Waals surface area contributed by atoms with E-state index in [0.29, 0.717) is 17.4 Å². The maximum absolute atomic E-state index is 10.7. The molecule has 0 aliphatic carbocycles. The van der Waals surface area contributed by atoms with Gasteiger partial charge in [-0.15, -0.1) is 0 Å². The van der Waals surface area contributed by atoms with Gasteiger partial charge in [-0.05, 0) is 24.1 Å². The van der Waals surface area contributed by atoms with Gasteiger partial charge in [0.25, 0.3) is 0 Å². The number of nitrogens with one attached hydrogen (secondary N) is 1. The van der Waals surface area contributed by atoms with Gasteiger partial charge in [0.15, 0.2) is 6.29 Å². The molecule has 2 atom stereocenters. The standard InChI is InChI=1S/C13H16ClNO4/c1-8(17)15-5-4-12(18)13(19)9-2-3-10(7-16)11(14)6-9/h2-3,6-7,12-13,18-19H,4-5H2,1H3,(H,15,17). The summed E-state index contributed by atoms with van der Waals surface area (Å²) in [6, 6.07) is 4.45. The maximum atomic E-state index is 10.7. The first kappa shape index (κ1) is 15.6. The van der Waals surface area contributed by atoms with Gasteiger partial charge >= 0.3 is 0 Å². The Morgan fingerprint density at radius 2 is 2.16 bits per heavy atom. The van der Waals surface area contributed by atoms with Gasteiger partial charge in [0, 0.05) is 19.0 Å². The fourth-order valence-electron chi connectivity index (χ4n) is 1.60. The van der Waals surface area contributed by atoms with Crippen LogP contribution in [0.1, 0.15) is 35.4 Å².